The molecule has 2 N–H and O–H groups in total. The van der Waals surface area contributed by atoms with Gasteiger partial charge in [-0.25, -0.2) is 4.98 Å². The van der Waals surface area contributed by atoms with Gasteiger partial charge in [0.1, 0.15) is 5.02 Å². The highest BCUT2D eigenvalue weighted by Gasteiger charge is 2.06. The summed E-state index contributed by atoms with van der Waals surface area (Å²) in [6, 6.07) is 7.66. The van der Waals surface area contributed by atoms with E-state index in [-0.39, 0.29) is 10.6 Å². The number of hydrogen-bond donors (Lipinski definition) is 2. The Hall–Kier alpha value is -1.08. The van der Waals surface area contributed by atoms with Gasteiger partial charge in [0.05, 0.1) is 12.0 Å². The Kier molecular flexibility index (Phi) is 3.45. The van der Waals surface area contributed by atoms with E-state index in [9.17, 15) is 4.79 Å². The first kappa shape index (κ1) is 11.4. The van der Waals surface area contributed by atoms with Crippen molar-refractivity contribution in [2.45, 2.75) is 0 Å². The maximum absolute atomic E-state index is 11.2. The molecule has 2 rings (SSSR count). The molecule has 0 atom stereocenters. The van der Waals surface area contributed by atoms with Crippen LogP contribution in [0.2, 0.25) is 5.02 Å². The van der Waals surface area contributed by atoms with Crippen LogP contribution in [0.1, 0.15) is 0 Å². The third kappa shape index (κ3) is 2.35. The van der Waals surface area contributed by atoms with Crippen LogP contribution in [-0.4, -0.2) is 9.97 Å². The van der Waals surface area contributed by atoms with Crippen LogP contribution in [0.15, 0.2) is 35.4 Å². The summed E-state index contributed by atoms with van der Waals surface area (Å²) in [5.41, 5.74) is 0.508. The van der Waals surface area contributed by atoms with Crippen LogP contribution < -0.4 is 10.9 Å². The summed E-state index contributed by atoms with van der Waals surface area (Å²) in [6.07, 6.45) is 1.31. The molecule has 82 valence electrons. The van der Waals surface area contributed by atoms with E-state index < -0.39 is 0 Å². The molecule has 0 aliphatic heterocycles. The Morgan fingerprint density at radius 2 is 2.12 bits per heavy atom. The third-order valence-corrected chi connectivity index (χ3v) is 3.21. The molecule has 4 nitrogen and oxygen atoms in total. The minimum absolute atomic E-state index is 0.0575. The van der Waals surface area contributed by atoms with Crippen LogP contribution >= 0.6 is 34.2 Å². The number of nitrogens with zero attached hydrogens (tertiary/aromatic N) is 1. The third-order valence-electron chi connectivity index (χ3n) is 1.92. The number of nitrogens with one attached hydrogen (secondary N) is 2. The van der Waals surface area contributed by atoms with Gasteiger partial charge in [-0.15, -0.1) is 0 Å². The van der Waals surface area contributed by atoms with E-state index in [1.54, 1.807) is 0 Å². The first-order chi connectivity index (χ1) is 7.68. The number of benzene rings is 1. The number of para-hydroxylation sites is 1. The number of rotatable bonds is 2. The fourth-order valence-electron chi connectivity index (χ4n) is 1.16. The van der Waals surface area contributed by atoms with Crippen molar-refractivity contribution in [1.29, 1.82) is 0 Å². The van der Waals surface area contributed by atoms with Crippen LogP contribution in [0, 0.1) is 3.57 Å². The standard InChI is InChI=1S/C10H7ClIN3O/c11-8-9(13-5-14-10(8)16)15-7-4-2-1-3-6(7)12/h1-5H,(H2,13,14,15,16). The van der Waals surface area contributed by atoms with Crippen LogP contribution in [0.25, 0.3) is 0 Å². The van der Waals surface area contributed by atoms with Crippen LogP contribution in [0.3, 0.4) is 0 Å². The van der Waals surface area contributed by atoms with Crippen molar-refractivity contribution in [3.8, 4) is 0 Å². The lowest BCUT2D eigenvalue weighted by molar-refractivity contribution is 1.12. The fraction of sp³-hybridized carbons (Fsp3) is 0. The molecule has 0 bridgehead atoms. The zero-order valence-electron chi connectivity index (χ0n) is 8.00. The van der Waals surface area contributed by atoms with Gasteiger partial charge in [0, 0.05) is 3.57 Å². The summed E-state index contributed by atoms with van der Waals surface area (Å²) in [4.78, 5) is 17.6. The molecule has 2 aromatic rings. The highest BCUT2D eigenvalue weighted by Crippen LogP contribution is 2.23. The smallest absolute Gasteiger partial charge is 0.271 e. The molecule has 1 aromatic heterocycles. The van der Waals surface area contributed by atoms with Crippen molar-refractivity contribution < 1.29 is 0 Å². The summed E-state index contributed by atoms with van der Waals surface area (Å²) in [5.74, 6) is 0.356. The molecule has 0 radical (unpaired) electrons. The van der Waals surface area contributed by atoms with Crippen LogP contribution in [0.5, 0.6) is 0 Å². The monoisotopic (exact) mass is 347 g/mol. The zero-order chi connectivity index (χ0) is 11.5. The quantitative estimate of drug-likeness (QED) is 0.821. The lowest BCUT2D eigenvalue weighted by Gasteiger charge is -2.07. The molecule has 0 aliphatic carbocycles. The Morgan fingerprint density at radius 3 is 2.88 bits per heavy atom. The molecule has 1 aromatic carbocycles. The van der Waals surface area contributed by atoms with E-state index in [2.05, 4.69) is 37.9 Å². The molecule has 1 heterocycles. The van der Waals surface area contributed by atoms with Gasteiger partial charge in [-0.2, -0.15) is 0 Å². The molecular formula is C10H7ClIN3O. The summed E-state index contributed by atoms with van der Waals surface area (Å²) < 4.78 is 1.03. The van der Waals surface area contributed by atoms with Gasteiger partial charge in [0.2, 0.25) is 0 Å². The van der Waals surface area contributed by atoms with E-state index in [0.717, 1.165) is 9.26 Å². The van der Waals surface area contributed by atoms with Gasteiger partial charge in [-0.05, 0) is 34.7 Å². The highest BCUT2D eigenvalue weighted by molar-refractivity contribution is 14.1. The van der Waals surface area contributed by atoms with Crippen LogP contribution in [0.4, 0.5) is 11.5 Å². The summed E-state index contributed by atoms with van der Waals surface area (Å²) in [5, 5.41) is 3.07. The minimum atomic E-state index is -0.356. The van der Waals surface area contributed by atoms with Crippen molar-refractivity contribution >= 4 is 45.7 Å². The first-order valence-electron chi connectivity index (χ1n) is 4.43. The summed E-state index contributed by atoms with van der Waals surface area (Å²) in [6.45, 7) is 0. The fourth-order valence-corrected chi connectivity index (χ4v) is 1.83. The Morgan fingerprint density at radius 1 is 1.38 bits per heavy atom. The van der Waals surface area contributed by atoms with Crippen molar-refractivity contribution in [1.82, 2.24) is 9.97 Å². The molecule has 0 saturated heterocycles. The normalized spacial score (nSPS) is 10.1. The van der Waals surface area contributed by atoms with Gasteiger partial charge in [0.25, 0.3) is 5.56 Å². The lowest BCUT2D eigenvalue weighted by atomic mass is 10.3. The van der Waals surface area contributed by atoms with Crippen molar-refractivity contribution in [3.05, 3.63) is 49.5 Å². The number of H-pyrrole nitrogens is 1. The highest BCUT2D eigenvalue weighted by atomic mass is 127. The average Bonchev–Trinajstić information content (AvgIpc) is 2.28. The number of aromatic amines is 1. The second kappa shape index (κ2) is 4.84. The van der Waals surface area contributed by atoms with Crippen molar-refractivity contribution in [2.75, 3.05) is 5.32 Å². The lowest BCUT2D eigenvalue weighted by Crippen LogP contribution is -2.09. The molecule has 6 heteroatoms. The average molecular weight is 348 g/mol. The van der Waals surface area contributed by atoms with Gasteiger partial charge in [-0.1, -0.05) is 23.7 Å². The number of anilines is 2. The molecule has 0 spiro atoms. The van der Waals surface area contributed by atoms with E-state index in [0.29, 0.717) is 5.82 Å². The summed E-state index contributed by atoms with van der Waals surface area (Å²) >= 11 is 8.01. The van der Waals surface area contributed by atoms with E-state index in [4.69, 9.17) is 11.6 Å². The van der Waals surface area contributed by atoms with Gasteiger partial charge in [0.15, 0.2) is 5.82 Å². The Balaban J connectivity index is 2.38. The predicted molar refractivity (Wildman–Crippen MR) is 72.3 cm³/mol. The Labute approximate surface area is 110 Å². The molecule has 0 fully saturated rings. The summed E-state index contributed by atoms with van der Waals surface area (Å²) in [7, 11) is 0. The SMILES string of the molecule is O=c1[nH]cnc(Nc2ccccc2I)c1Cl. The van der Waals surface area contributed by atoms with Gasteiger partial charge >= 0.3 is 0 Å². The molecule has 16 heavy (non-hydrogen) atoms. The van der Waals surface area contributed by atoms with Gasteiger partial charge < -0.3 is 10.3 Å². The van der Waals surface area contributed by atoms with Crippen LogP contribution in [-0.2, 0) is 0 Å². The maximum atomic E-state index is 11.2. The number of hydrogen-bond acceptors (Lipinski definition) is 3. The number of aromatic nitrogens is 2. The van der Waals surface area contributed by atoms with E-state index in [1.807, 2.05) is 24.3 Å². The Bertz CT molecular complexity index is 570. The molecule has 0 saturated carbocycles. The largest absolute Gasteiger partial charge is 0.338 e. The van der Waals surface area contributed by atoms with E-state index >= 15 is 0 Å². The maximum Gasteiger partial charge on any atom is 0.271 e. The number of halogens is 2. The van der Waals surface area contributed by atoms with E-state index in [1.165, 1.54) is 6.33 Å². The second-order valence-electron chi connectivity index (χ2n) is 3.00. The second-order valence-corrected chi connectivity index (χ2v) is 4.54. The molecular weight excluding hydrogens is 340 g/mol. The zero-order valence-corrected chi connectivity index (χ0v) is 10.9. The first-order valence-corrected chi connectivity index (χ1v) is 5.89. The predicted octanol–water partition coefficient (Wildman–Crippen LogP) is 2.77. The minimum Gasteiger partial charge on any atom is -0.338 e. The van der Waals surface area contributed by atoms with Crippen molar-refractivity contribution in [3.63, 3.8) is 0 Å². The molecule has 0 amide bonds. The molecule has 0 aliphatic rings. The topological polar surface area (TPSA) is 57.8 Å². The van der Waals surface area contributed by atoms with Crippen molar-refractivity contribution in [2.24, 2.45) is 0 Å². The molecule has 0 unspecified atom stereocenters. The van der Waals surface area contributed by atoms with Gasteiger partial charge in [-0.3, -0.25) is 4.79 Å².